The summed E-state index contributed by atoms with van der Waals surface area (Å²) in [5.41, 5.74) is 3.61. The van der Waals surface area contributed by atoms with Crippen molar-refractivity contribution >= 4 is 44.1 Å². The molecule has 0 bridgehead atoms. The Morgan fingerprint density at radius 3 is 2.80 bits per heavy atom. The van der Waals surface area contributed by atoms with Crippen LogP contribution < -0.4 is 10.9 Å². The lowest BCUT2D eigenvalue weighted by Crippen LogP contribution is -2.33. The van der Waals surface area contributed by atoms with Crippen molar-refractivity contribution in [3.05, 3.63) is 80.3 Å². The minimum atomic E-state index is -0.237. The lowest BCUT2D eigenvalue weighted by Gasteiger charge is -2.07. The van der Waals surface area contributed by atoms with Gasteiger partial charge >= 0.3 is 0 Å². The second kappa shape index (κ2) is 8.89. The summed E-state index contributed by atoms with van der Waals surface area (Å²) in [5, 5.41) is 6.31. The van der Waals surface area contributed by atoms with Crippen molar-refractivity contribution in [2.24, 2.45) is 0 Å². The van der Waals surface area contributed by atoms with Gasteiger partial charge in [-0.25, -0.2) is 9.97 Å². The SMILES string of the molecule is Cc1ccc(-c2nc(CCNC(=O)Cn3cnc4ccc(Br)cc4c3=O)cs2)cc1. The van der Waals surface area contributed by atoms with E-state index in [-0.39, 0.29) is 18.0 Å². The van der Waals surface area contributed by atoms with Gasteiger partial charge in [0.2, 0.25) is 5.91 Å². The van der Waals surface area contributed by atoms with Gasteiger partial charge in [0.15, 0.2) is 0 Å². The molecule has 1 N–H and O–H groups in total. The van der Waals surface area contributed by atoms with E-state index < -0.39 is 0 Å². The van der Waals surface area contributed by atoms with Crippen molar-refractivity contribution in [2.75, 3.05) is 6.54 Å². The van der Waals surface area contributed by atoms with Gasteiger partial charge in [0, 0.05) is 28.4 Å². The van der Waals surface area contributed by atoms with Crippen molar-refractivity contribution in [1.82, 2.24) is 19.9 Å². The molecule has 4 aromatic rings. The number of nitrogens with zero attached hydrogens (tertiary/aromatic N) is 3. The van der Waals surface area contributed by atoms with Crippen LogP contribution in [-0.2, 0) is 17.8 Å². The van der Waals surface area contributed by atoms with Crippen LogP contribution in [0, 0.1) is 6.92 Å². The van der Waals surface area contributed by atoms with Gasteiger partial charge in [0.1, 0.15) is 11.6 Å². The first-order chi connectivity index (χ1) is 14.5. The Morgan fingerprint density at radius 1 is 1.20 bits per heavy atom. The van der Waals surface area contributed by atoms with E-state index >= 15 is 0 Å². The van der Waals surface area contributed by atoms with E-state index in [0.29, 0.717) is 23.9 Å². The third-order valence-corrected chi connectivity index (χ3v) is 6.09. The number of hydrogen-bond donors (Lipinski definition) is 1. The summed E-state index contributed by atoms with van der Waals surface area (Å²) >= 11 is 4.95. The van der Waals surface area contributed by atoms with E-state index in [0.717, 1.165) is 20.7 Å². The van der Waals surface area contributed by atoms with Gasteiger partial charge in [0.25, 0.3) is 5.56 Å². The molecule has 0 atom stereocenters. The maximum absolute atomic E-state index is 12.6. The van der Waals surface area contributed by atoms with Crippen LogP contribution in [0.4, 0.5) is 0 Å². The fourth-order valence-electron chi connectivity index (χ4n) is 3.03. The largest absolute Gasteiger partial charge is 0.354 e. The van der Waals surface area contributed by atoms with Gasteiger partial charge in [-0.05, 0) is 25.1 Å². The molecule has 2 heterocycles. The Kier molecular flexibility index (Phi) is 6.06. The Labute approximate surface area is 185 Å². The topological polar surface area (TPSA) is 76.9 Å². The van der Waals surface area contributed by atoms with Crippen LogP contribution in [0.3, 0.4) is 0 Å². The fourth-order valence-corrected chi connectivity index (χ4v) is 4.26. The van der Waals surface area contributed by atoms with Gasteiger partial charge in [0.05, 0.1) is 22.9 Å². The van der Waals surface area contributed by atoms with Crippen LogP contribution in [0.1, 0.15) is 11.3 Å². The molecule has 2 aromatic carbocycles. The molecule has 1 amide bonds. The predicted octanol–water partition coefficient (Wildman–Crippen LogP) is 3.95. The number of benzene rings is 2. The molecule has 0 aliphatic rings. The maximum Gasteiger partial charge on any atom is 0.261 e. The first-order valence-corrected chi connectivity index (χ1v) is 11.1. The van der Waals surface area contributed by atoms with Crippen LogP contribution in [-0.4, -0.2) is 27.0 Å². The monoisotopic (exact) mass is 482 g/mol. The Morgan fingerprint density at radius 2 is 2.00 bits per heavy atom. The van der Waals surface area contributed by atoms with Crippen molar-refractivity contribution in [2.45, 2.75) is 19.9 Å². The summed E-state index contributed by atoms with van der Waals surface area (Å²) < 4.78 is 2.12. The molecule has 0 saturated heterocycles. The number of thiazole rings is 1. The van der Waals surface area contributed by atoms with Crippen LogP contribution in [0.2, 0.25) is 0 Å². The van der Waals surface area contributed by atoms with Gasteiger partial charge in [-0.15, -0.1) is 11.3 Å². The average molecular weight is 483 g/mol. The van der Waals surface area contributed by atoms with Crippen molar-refractivity contribution in [1.29, 1.82) is 0 Å². The number of halogens is 1. The van der Waals surface area contributed by atoms with Crippen molar-refractivity contribution in [3.8, 4) is 10.6 Å². The number of hydrogen-bond acceptors (Lipinski definition) is 5. The third-order valence-electron chi connectivity index (χ3n) is 4.65. The molecule has 0 spiro atoms. The van der Waals surface area contributed by atoms with Gasteiger partial charge in [-0.2, -0.15) is 0 Å². The number of carbonyl (C=O) groups excluding carboxylic acids is 1. The predicted molar refractivity (Wildman–Crippen MR) is 123 cm³/mol. The normalized spacial score (nSPS) is 11.0. The molecule has 8 heteroatoms. The molecular weight excluding hydrogens is 464 g/mol. The fraction of sp³-hybridized carbons (Fsp3) is 0.182. The molecule has 0 unspecified atom stereocenters. The maximum atomic E-state index is 12.6. The number of rotatable bonds is 6. The zero-order valence-corrected chi connectivity index (χ0v) is 18.7. The van der Waals surface area contributed by atoms with E-state index in [1.165, 1.54) is 16.5 Å². The molecule has 0 aliphatic heterocycles. The van der Waals surface area contributed by atoms with Crippen LogP contribution in [0.5, 0.6) is 0 Å². The average Bonchev–Trinajstić information content (AvgIpc) is 3.20. The molecule has 2 aromatic heterocycles. The molecule has 6 nitrogen and oxygen atoms in total. The van der Waals surface area contributed by atoms with Gasteiger partial charge in [-0.1, -0.05) is 45.8 Å². The van der Waals surface area contributed by atoms with Gasteiger partial charge in [-0.3, -0.25) is 14.2 Å². The highest BCUT2D eigenvalue weighted by molar-refractivity contribution is 9.10. The molecule has 4 rings (SSSR count). The van der Waals surface area contributed by atoms with E-state index in [2.05, 4.69) is 62.4 Å². The van der Waals surface area contributed by atoms with E-state index in [1.807, 2.05) is 11.4 Å². The highest BCUT2D eigenvalue weighted by Gasteiger charge is 2.09. The van der Waals surface area contributed by atoms with Crippen molar-refractivity contribution < 1.29 is 4.79 Å². The first-order valence-electron chi connectivity index (χ1n) is 9.42. The number of carbonyl (C=O) groups is 1. The molecule has 0 aliphatic carbocycles. The second-order valence-corrected chi connectivity index (χ2v) is 8.72. The third kappa shape index (κ3) is 4.66. The summed E-state index contributed by atoms with van der Waals surface area (Å²) in [6.07, 6.45) is 2.04. The van der Waals surface area contributed by atoms with E-state index in [4.69, 9.17) is 0 Å². The Bertz CT molecular complexity index is 1260. The molecule has 0 saturated carbocycles. The summed E-state index contributed by atoms with van der Waals surface area (Å²) in [6.45, 7) is 2.44. The molecule has 30 heavy (non-hydrogen) atoms. The van der Waals surface area contributed by atoms with Crippen LogP contribution >= 0.6 is 27.3 Å². The summed E-state index contributed by atoms with van der Waals surface area (Å²) in [7, 11) is 0. The van der Waals surface area contributed by atoms with E-state index in [1.54, 1.807) is 23.5 Å². The lowest BCUT2D eigenvalue weighted by molar-refractivity contribution is -0.121. The number of amides is 1. The lowest BCUT2D eigenvalue weighted by atomic mass is 10.2. The zero-order valence-electron chi connectivity index (χ0n) is 16.3. The smallest absolute Gasteiger partial charge is 0.261 e. The van der Waals surface area contributed by atoms with E-state index in [9.17, 15) is 9.59 Å². The van der Waals surface area contributed by atoms with Gasteiger partial charge < -0.3 is 5.32 Å². The number of fused-ring (bicyclic) bond motifs is 1. The first kappa shape index (κ1) is 20.4. The minimum Gasteiger partial charge on any atom is -0.354 e. The number of aryl methyl sites for hydroxylation is 1. The zero-order chi connectivity index (χ0) is 21.1. The summed E-state index contributed by atoms with van der Waals surface area (Å²) in [6, 6.07) is 13.6. The highest BCUT2D eigenvalue weighted by atomic mass is 79.9. The minimum absolute atomic E-state index is 0.0695. The van der Waals surface area contributed by atoms with Crippen molar-refractivity contribution in [3.63, 3.8) is 0 Å². The van der Waals surface area contributed by atoms with Crippen LogP contribution in [0.25, 0.3) is 21.5 Å². The molecule has 152 valence electrons. The number of aromatic nitrogens is 3. The summed E-state index contributed by atoms with van der Waals surface area (Å²) in [4.78, 5) is 33.8. The number of nitrogens with one attached hydrogen (secondary N) is 1. The second-order valence-electron chi connectivity index (χ2n) is 6.95. The quantitative estimate of drug-likeness (QED) is 0.451. The highest BCUT2D eigenvalue weighted by Crippen LogP contribution is 2.24. The molecular formula is C22H19BrN4O2S. The summed E-state index contributed by atoms with van der Waals surface area (Å²) in [5.74, 6) is -0.234. The van der Waals surface area contributed by atoms with Crippen LogP contribution in [0.15, 0.2) is 63.4 Å². The Balaban J connectivity index is 1.35. The molecule has 0 fully saturated rings. The molecule has 0 radical (unpaired) electrons. The standard InChI is InChI=1S/C22H19BrN4O2S/c1-14-2-4-15(5-3-14)21-26-17(12-30-21)8-9-24-20(28)11-27-13-25-19-7-6-16(23)10-18(19)22(27)29/h2-7,10,12-13H,8-9,11H2,1H3,(H,24,28). The Hall–Kier alpha value is -2.84.